The lowest BCUT2D eigenvalue weighted by atomic mass is 9.87. The van der Waals surface area contributed by atoms with Gasteiger partial charge in [0.1, 0.15) is 10.7 Å². The molecule has 0 spiro atoms. The molecule has 0 aliphatic heterocycles. The zero-order valence-corrected chi connectivity index (χ0v) is 7.85. The van der Waals surface area contributed by atoms with Crippen LogP contribution in [0.3, 0.4) is 0 Å². The Morgan fingerprint density at radius 1 is 1.18 bits per heavy atom. The minimum Gasteiger partial charge on any atom is -0.232 e. The van der Waals surface area contributed by atoms with Gasteiger partial charge >= 0.3 is 0 Å². The van der Waals surface area contributed by atoms with Crippen molar-refractivity contribution in [3.8, 4) is 0 Å². The van der Waals surface area contributed by atoms with E-state index in [4.69, 9.17) is 0 Å². The van der Waals surface area contributed by atoms with Crippen molar-refractivity contribution < 1.29 is 8.42 Å². The van der Waals surface area contributed by atoms with Crippen LogP contribution in [-0.4, -0.2) is 13.7 Å². The van der Waals surface area contributed by atoms with E-state index in [1.807, 2.05) is 6.92 Å². The molecule has 1 aliphatic rings. The van der Waals surface area contributed by atoms with E-state index in [2.05, 4.69) is 0 Å². The lowest BCUT2D eigenvalue weighted by Gasteiger charge is -2.23. The van der Waals surface area contributed by atoms with Crippen molar-refractivity contribution in [1.29, 1.82) is 0 Å². The zero-order valence-electron chi connectivity index (χ0n) is 6.95. The normalized spacial score (nSPS) is 23.8. The number of thiol groups is 1. The van der Waals surface area contributed by atoms with Gasteiger partial charge in [-0.05, 0) is 25.7 Å². The van der Waals surface area contributed by atoms with E-state index in [-0.39, 0.29) is 5.25 Å². The van der Waals surface area contributed by atoms with E-state index in [1.165, 1.54) is 19.3 Å². The summed E-state index contributed by atoms with van der Waals surface area (Å²) in [5.41, 5.74) is 0. The SMILES string of the molecule is C[C@@H](C1CCCCC1)[SH](=O)=O. The first-order chi connectivity index (χ1) is 5.22. The second-order valence-electron chi connectivity index (χ2n) is 3.42. The molecule has 1 fully saturated rings. The van der Waals surface area contributed by atoms with Crippen molar-refractivity contribution in [2.45, 2.75) is 44.3 Å². The molecule has 3 heteroatoms. The van der Waals surface area contributed by atoms with Gasteiger partial charge in [0.2, 0.25) is 0 Å². The molecule has 0 bridgehead atoms. The van der Waals surface area contributed by atoms with Gasteiger partial charge in [-0.25, -0.2) is 8.42 Å². The van der Waals surface area contributed by atoms with E-state index in [1.54, 1.807) is 0 Å². The number of rotatable bonds is 2. The fourth-order valence-corrected chi connectivity index (χ4v) is 2.43. The van der Waals surface area contributed by atoms with Crippen molar-refractivity contribution in [2.75, 3.05) is 0 Å². The summed E-state index contributed by atoms with van der Waals surface area (Å²) >= 11 is 0. The predicted molar refractivity (Wildman–Crippen MR) is 46.4 cm³/mol. The molecule has 1 rings (SSSR count). The maximum Gasteiger partial charge on any atom is 0.143 e. The van der Waals surface area contributed by atoms with E-state index in [0.717, 1.165) is 12.8 Å². The quantitative estimate of drug-likeness (QED) is 0.648. The lowest BCUT2D eigenvalue weighted by Crippen LogP contribution is -2.21. The third-order valence-corrected chi connectivity index (χ3v) is 3.75. The van der Waals surface area contributed by atoms with Crippen LogP contribution >= 0.6 is 0 Å². The van der Waals surface area contributed by atoms with Gasteiger partial charge in [-0.15, -0.1) is 0 Å². The van der Waals surface area contributed by atoms with Crippen molar-refractivity contribution >= 4 is 10.7 Å². The average molecular weight is 176 g/mol. The Morgan fingerprint density at radius 2 is 1.73 bits per heavy atom. The maximum atomic E-state index is 10.6. The highest BCUT2D eigenvalue weighted by Gasteiger charge is 2.21. The lowest BCUT2D eigenvalue weighted by molar-refractivity contribution is 0.351. The third-order valence-electron chi connectivity index (χ3n) is 2.66. The average Bonchev–Trinajstić information content (AvgIpc) is 2.05. The number of hydrogen-bond donors (Lipinski definition) is 1. The Kier molecular flexibility index (Phi) is 3.37. The fourth-order valence-electron chi connectivity index (χ4n) is 1.79. The van der Waals surface area contributed by atoms with Crippen LogP contribution in [0.2, 0.25) is 0 Å². The first-order valence-electron chi connectivity index (χ1n) is 4.35. The molecule has 11 heavy (non-hydrogen) atoms. The predicted octanol–water partition coefficient (Wildman–Crippen LogP) is 1.57. The summed E-state index contributed by atoms with van der Waals surface area (Å²) in [5, 5.41) is -0.0923. The summed E-state index contributed by atoms with van der Waals surface area (Å²) < 4.78 is 21.3. The van der Waals surface area contributed by atoms with E-state index < -0.39 is 10.7 Å². The smallest absolute Gasteiger partial charge is 0.143 e. The summed E-state index contributed by atoms with van der Waals surface area (Å²) in [5.74, 6) is 0.449. The van der Waals surface area contributed by atoms with Gasteiger partial charge in [0.15, 0.2) is 0 Å². The molecule has 2 nitrogen and oxygen atoms in total. The zero-order chi connectivity index (χ0) is 8.27. The van der Waals surface area contributed by atoms with Crippen LogP contribution < -0.4 is 0 Å². The Hall–Kier alpha value is -0.0500. The third kappa shape index (κ3) is 2.47. The molecule has 1 aliphatic carbocycles. The Morgan fingerprint density at radius 3 is 2.18 bits per heavy atom. The van der Waals surface area contributed by atoms with Crippen molar-refractivity contribution in [3.05, 3.63) is 0 Å². The van der Waals surface area contributed by atoms with Gasteiger partial charge in [-0.2, -0.15) is 0 Å². The first kappa shape index (κ1) is 9.04. The van der Waals surface area contributed by atoms with Crippen LogP contribution in [-0.2, 0) is 10.7 Å². The fraction of sp³-hybridized carbons (Fsp3) is 1.00. The molecule has 1 saturated carbocycles. The standard InChI is InChI=1S/C8H16O2S/c1-7(11(9)10)8-5-3-2-4-6-8/h7-8,11H,2-6H2,1H3/t7-/m0/s1. The second kappa shape index (κ2) is 4.10. The van der Waals surface area contributed by atoms with Gasteiger partial charge < -0.3 is 0 Å². The molecule has 66 valence electrons. The molecule has 0 amide bonds. The summed E-state index contributed by atoms with van der Waals surface area (Å²) in [6, 6.07) is 0. The van der Waals surface area contributed by atoms with E-state index >= 15 is 0 Å². The highest BCUT2D eigenvalue weighted by atomic mass is 32.2. The molecular weight excluding hydrogens is 160 g/mol. The van der Waals surface area contributed by atoms with Gasteiger partial charge in [-0.1, -0.05) is 19.3 Å². The van der Waals surface area contributed by atoms with Gasteiger partial charge in [0.25, 0.3) is 0 Å². The van der Waals surface area contributed by atoms with Gasteiger partial charge in [0.05, 0.1) is 5.25 Å². The summed E-state index contributed by atoms with van der Waals surface area (Å²) in [6.45, 7) is 1.84. The van der Waals surface area contributed by atoms with Gasteiger partial charge in [0, 0.05) is 0 Å². The van der Waals surface area contributed by atoms with Crippen molar-refractivity contribution in [1.82, 2.24) is 0 Å². The van der Waals surface area contributed by atoms with Gasteiger partial charge in [-0.3, -0.25) is 0 Å². The van der Waals surface area contributed by atoms with Crippen LogP contribution in [0.5, 0.6) is 0 Å². The molecule has 0 saturated heterocycles. The molecule has 0 aromatic heterocycles. The second-order valence-corrected chi connectivity index (χ2v) is 4.81. The minimum absolute atomic E-state index is 0.0923. The summed E-state index contributed by atoms with van der Waals surface area (Å²) in [6.07, 6.45) is 5.96. The van der Waals surface area contributed by atoms with Crippen LogP contribution in [0.4, 0.5) is 0 Å². The molecule has 1 atom stereocenters. The minimum atomic E-state index is -2.18. The largest absolute Gasteiger partial charge is 0.232 e. The molecule has 0 radical (unpaired) electrons. The van der Waals surface area contributed by atoms with E-state index in [0.29, 0.717) is 5.92 Å². The van der Waals surface area contributed by atoms with Crippen LogP contribution in [0.25, 0.3) is 0 Å². The summed E-state index contributed by atoms with van der Waals surface area (Å²) in [4.78, 5) is 0. The first-order valence-corrected chi connectivity index (χ1v) is 5.60. The Balaban J connectivity index is 2.44. The molecule has 0 unspecified atom stereocenters. The van der Waals surface area contributed by atoms with Crippen LogP contribution in [0.1, 0.15) is 39.0 Å². The topological polar surface area (TPSA) is 34.1 Å². The monoisotopic (exact) mass is 176 g/mol. The Bertz CT molecular complexity index is 173. The van der Waals surface area contributed by atoms with Crippen molar-refractivity contribution in [2.24, 2.45) is 5.92 Å². The van der Waals surface area contributed by atoms with Crippen LogP contribution in [0.15, 0.2) is 0 Å². The highest BCUT2D eigenvalue weighted by Crippen LogP contribution is 2.27. The molecule has 0 aromatic carbocycles. The molecular formula is C8H16O2S. The van der Waals surface area contributed by atoms with Crippen molar-refractivity contribution in [3.63, 3.8) is 0 Å². The maximum absolute atomic E-state index is 10.6. The van der Waals surface area contributed by atoms with E-state index in [9.17, 15) is 8.42 Å². The highest BCUT2D eigenvalue weighted by molar-refractivity contribution is 7.73. The molecule has 0 N–H and O–H groups in total. The molecule has 0 aromatic rings. The Labute approximate surface area is 69.9 Å². The summed E-state index contributed by atoms with van der Waals surface area (Å²) in [7, 11) is -2.18. The number of hydrogen-bond acceptors (Lipinski definition) is 2. The molecule has 0 heterocycles. The van der Waals surface area contributed by atoms with Crippen LogP contribution in [0, 0.1) is 5.92 Å².